The van der Waals surface area contributed by atoms with E-state index in [-0.39, 0.29) is 18.7 Å². The highest BCUT2D eigenvalue weighted by molar-refractivity contribution is 5.73. The van der Waals surface area contributed by atoms with E-state index in [4.69, 9.17) is 5.73 Å². The first-order chi connectivity index (χ1) is 8.51. The van der Waals surface area contributed by atoms with Gasteiger partial charge in [0.25, 0.3) is 6.43 Å². The van der Waals surface area contributed by atoms with Crippen LogP contribution in [0, 0.1) is 5.82 Å². The fourth-order valence-electron chi connectivity index (χ4n) is 1.44. The minimum atomic E-state index is -2.96. The summed E-state index contributed by atoms with van der Waals surface area (Å²) in [6.07, 6.45) is -2.60. The van der Waals surface area contributed by atoms with Crippen LogP contribution in [0.1, 0.15) is 30.2 Å². The van der Waals surface area contributed by atoms with Crippen molar-refractivity contribution in [2.45, 2.75) is 26.3 Å². The van der Waals surface area contributed by atoms with E-state index in [0.29, 0.717) is 0 Å². The van der Waals surface area contributed by atoms with E-state index >= 15 is 0 Å². The maximum Gasteiger partial charge on any atom is 0.310 e. The molecule has 100 valence electrons. The molecule has 0 aliphatic rings. The first-order valence-electron chi connectivity index (χ1n) is 5.31. The second kappa shape index (κ2) is 6.34. The van der Waals surface area contributed by atoms with E-state index in [2.05, 4.69) is 9.72 Å². The lowest BCUT2D eigenvalue weighted by Gasteiger charge is -2.11. The Morgan fingerprint density at radius 3 is 2.72 bits per heavy atom. The first kappa shape index (κ1) is 14.4. The number of alkyl halides is 2. The lowest BCUT2D eigenvalue weighted by molar-refractivity contribution is -0.142. The zero-order chi connectivity index (χ0) is 13.7. The molecule has 1 rings (SSSR count). The number of pyridine rings is 1. The van der Waals surface area contributed by atoms with Crippen molar-refractivity contribution in [3.8, 4) is 0 Å². The zero-order valence-corrected chi connectivity index (χ0v) is 9.75. The molecule has 0 aromatic carbocycles. The normalized spacial score (nSPS) is 10.8. The second-order valence-corrected chi connectivity index (χ2v) is 3.45. The highest BCUT2D eigenvalue weighted by Gasteiger charge is 2.23. The Morgan fingerprint density at radius 2 is 2.22 bits per heavy atom. The van der Waals surface area contributed by atoms with E-state index < -0.39 is 35.9 Å². The van der Waals surface area contributed by atoms with Gasteiger partial charge in [-0.05, 0) is 6.92 Å². The second-order valence-electron chi connectivity index (χ2n) is 3.45. The number of hydrogen-bond acceptors (Lipinski definition) is 4. The van der Waals surface area contributed by atoms with E-state index in [1.165, 1.54) is 0 Å². The molecule has 0 saturated carbocycles. The monoisotopic (exact) mass is 262 g/mol. The average Bonchev–Trinajstić information content (AvgIpc) is 2.31. The predicted molar refractivity (Wildman–Crippen MR) is 57.4 cm³/mol. The van der Waals surface area contributed by atoms with Crippen molar-refractivity contribution in [3.63, 3.8) is 0 Å². The maximum atomic E-state index is 13.8. The van der Waals surface area contributed by atoms with E-state index in [1.807, 2.05) is 0 Å². The molecule has 4 nitrogen and oxygen atoms in total. The zero-order valence-electron chi connectivity index (χ0n) is 9.75. The molecule has 1 aromatic heterocycles. The number of halogens is 3. The highest BCUT2D eigenvalue weighted by Crippen LogP contribution is 2.25. The molecule has 0 aliphatic heterocycles. The van der Waals surface area contributed by atoms with Crippen LogP contribution in [0.25, 0.3) is 0 Å². The van der Waals surface area contributed by atoms with Crippen LogP contribution in [0.5, 0.6) is 0 Å². The number of rotatable bonds is 5. The fraction of sp³-hybridized carbons (Fsp3) is 0.455. The van der Waals surface area contributed by atoms with Crippen molar-refractivity contribution in [1.29, 1.82) is 0 Å². The number of ether oxygens (including phenoxy) is 1. The van der Waals surface area contributed by atoms with Gasteiger partial charge in [-0.1, -0.05) is 0 Å². The summed E-state index contributed by atoms with van der Waals surface area (Å²) in [4.78, 5) is 14.7. The summed E-state index contributed by atoms with van der Waals surface area (Å²) in [6, 6.07) is 0. The highest BCUT2D eigenvalue weighted by atomic mass is 19.3. The molecule has 1 heterocycles. The summed E-state index contributed by atoms with van der Waals surface area (Å²) < 4.78 is 43.8. The number of nitrogens with zero attached hydrogens (tertiary/aromatic N) is 1. The van der Waals surface area contributed by atoms with Gasteiger partial charge < -0.3 is 10.5 Å². The van der Waals surface area contributed by atoms with Crippen molar-refractivity contribution < 1.29 is 22.7 Å². The van der Waals surface area contributed by atoms with Crippen molar-refractivity contribution >= 4 is 5.97 Å². The fourth-order valence-corrected chi connectivity index (χ4v) is 1.44. The van der Waals surface area contributed by atoms with Gasteiger partial charge in [-0.3, -0.25) is 9.78 Å². The summed E-state index contributed by atoms with van der Waals surface area (Å²) in [5, 5.41) is 0. The van der Waals surface area contributed by atoms with Crippen LogP contribution >= 0.6 is 0 Å². The molecule has 0 unspecified atom stereocenters. The molecule has 0 atom stereocenters. The van der Waals surface area contributed by atoms with E-state index in [1.54, 1.807) is 6.92 Å². The molecule has 7 heteroatoms. The van der Waals surface area contributed by atoms with Crippen LogP contribution in [-0.2, 0) is 22.5 Å². The maximum absolute atomic E-state index is 13.8. The van der Waals surface area contributed by atoms with Crippen LogP contribution < -0.4 is 5.73 Å². The number of carbonyl (C=O) groups excluding carboxylic acids is 1. The SMILES string of the molecule is CCOC(=O)Cc1c(C(F)F)ncc(CN)c1F. The third-order valence-electron chi connectivity index (χ3n) is 2.27. The van der Waals surface area contributed by atoms with E-state index in [9.17, 15) is 18.0 Å². The van der Waals surface area contributed by atoms with Crippen LogP contribution in [0.3, 0.4) is 0 Å². The van der Waals surface area contributed by atoms with Gasteiger partial charge in [0.05, 0.1) is 13.0 Å². The van der Waals surface area contributed by atoms with Gasteiger partial charge in [0.15, 0.2) is 0 Å². The van der Waals surface area contributed by atoms with Gasteiger partial charge in [-0.25, -0.2) is 13.2 Å². The molecule has 0 spiro atoms. The topological polar surface area (TPSA) is 65.2 Å². The molecule has 0 bridgehead atoms. The van der Waals surface area contributed by atoms with Gasteiger partial charge in [-0.2, -0.15) is 0 Å². The largest absolute Gasteiger partial charge is 0.466 e. The Kier molecular flexibility index (Phi) is 5.08. The molecule has 0 aliphatic carbocycles. The van der Waals surface area contributed by atoms with Gasteiger partial charge in [0.2, 0.25) is 0 Å². The summed E-state index contributed by atoms with van der Waals surface area (Å²) in [5.41, 5.74) is 4.03. The van der Waals surface area contributed by atoms with Crippen LogP contribution in [0.15, 0.2) is 6.20 Å². The molecule has 0 fully saturated rings. The van der Waals surface area contributed by atoms with Gasteiger partial charge >= 0.3 is 5.97 Å². The molecule has 1 aromatic rings. The predicted octanol–water partition coefficient (Wildman–Crippen LogP) is 1.72. The standard InChI is InChI=1S/C11H13F3N2O2/c1-2-18-8(17)3-7-9(12)6(4-15)5-16-10(7)11(13)14/h5,11H,2-4,15H2,1H3. The average molecular weight is 262 g/mol. The van der Waals surface area contributed by atoms with E-state index in [0.717, 1.165) is 6.20 Å². The number of aromatic nitrogens is 1. The molecule has 18 heavy (non-hydrogen) atoms. The third-order valence-corrected chi connectivity index (χ3v) is 2.27. The summed E-state index contributed by atoms with van der Waals surface area (Å²) in [5.74, 6) is -1.70. The Morgan fingerprint density at radius 1 is 1.56 bits per heavy atom. The first-order valence-corrected chi connectivity index (χ1v) is 5.31. The summed E-state index contributed by atoms with van der Waals surface area (Å²) >= 11 is 0. The number of nitrogens with two attached hydrogens (primary N) is 1. The van der Waals surface area contributed by atoms with Crippen LogP contribution in [0.4, 0.5) is 13.2 Å². The van der Waals surface area contributed by atoms with Gasteiger partial charge in [-0.15, -0.1) is 0 Å². The number of hydrogen-bond donors (Lipinski definition) is 1. The molecular weight excluding hydrogens is 249 g/mol. The van der Waals surface area contributed by atoms with Crippen molar-refractivity contribution in [1.82, 2.24) is 4.98 Å². The van der Waals surface area contributed by atoms with Gasteiger partial charge in [0.1, 0.15) is 11.5 Å². The quantitative estimate of drug-likeness (QED) is 0.820. The number of carbonyl (C=O) groups is 1. The van der Waals surface area contributed by atoms with Gasteiger partial charge in [0, 0.05) is 23.9 Å². The summed E-state index contributed by atoms with van der Waals surface area (Å²) in [7, 11) is 0. The van der Waals surface area contributed by atoms with Crippen LogP contribution in [0.2, 0.25) is 0 Å². The van der Waals surface area contributed by atoms with Crippen molar-refractivity contribution in [3.05, 3.63) is 28.8 Å². The Hall–Kier alpha value is -1.63. The minimum Gasteiger partial charge on any atom is -0.466 e. The number of esters is 1. The molecular formula is C11H13F3N2O2. The molecule has 2 N–H and O–H groups in total. The van der Waals surface area contributed by atoms with Crippen molar-refractivity contribution in [2.75, 3.05) is 6.61 Å². The Labute approximate surface area is 102 Å². The Balaban J connectivity index is 3.15. The molecule has 0 radical (unpaired) electrons. The minimum absolute atomic E-state index is 0.0151. The molecule has 0 saturated heterocycles. The smallest absolute Gasteiger partial charge is 0.310 e. The molecule has 0 amide bonds. The van der Waals surface area contributed by atoms with Crippen LogP contribution in [-0.4, -0.2) is 17.6 Å². The lowest BCUT2D eigenvalue weighted by Crippen LogP contribution is -2.15. The third kappa shape index (κ3) is 3.19. The summed E-state index contributed by atoms with van der Waals surface area (Å²) in [6.45, 7) is 1.48. The Bertz CT molecular complexity index is 439. The van der Waals surface area contributed by atoms with Crippen molar-refractivity contribution in [2.24, 2.45) is 5.73 Å². The lowest BCUT2D eigenvalue weighted by atomic mass is 10.1.